The van der Waals surface area contributed by atoms with Crippen molar-refractivity contribution < 1.29 is 31.7 Å². The molecule has 222 valence electrons. The van der Waals surface area contributed by atoms with Crippen molar-refractivity contribution in [2.45, 2.75) is 72.8 Å². The SMILES string of the molecule is CCCn1c(=O)c2c(nc(-c3cnn(Cc4cccc(C(F)(F)F)c4)c3)n2COP(=O)(O)OC(C)C)n(CC)c1=O. The lowest BCUT2D eigenvalue weighted by molar-refractivity contribution is -0.137. The van der Waals surface area contributed by atoms with Gasteiger partial charge in [0, 0.05) is 19.3 Å². The Morgan fingerprint density at radius 3 is 2.49 bits per heavy atom. The molecule has 12 nitrogen and oxygen atoms in total. The maximum atomic E-state index is 13.5. The fraction of sp³-hybridized carbons (Fsp3) is 0.440. The molecule has 3 heterocycles. The van der Waals surface area contributed by atoms with Crippen LogP contribution in [0.1, 0.15) is 45.2 Å². The smallest absolute Gasteiger partial charge is 0.302 e. The van der Waals surface area contributed by atoms with Crippen molar-refractivity contribution in [1.82, 2.24) is 28.5 Å². The summed E-state index contributed by atoms with van der Waals surface area (Å²) in [5.41, 5.74) is -1.33. The van der Waals surface area contributed by atoms with Crippen LogP contribution in [0.4, 0.5) is 13.2 Å². The average molecular weight is 599 g/mol. The lowest BCUT2D eigenvalue weighted by atomic mass is 10.1. The highest BCUT2D eigenvalue weighted by atomic mass is 31.2. The molecule has 1 unspecified atom stereocenters. The summed E-state index contributed by atoms with van der Waals surface area (Å²) in [5, 5.41) is 4.23. The van der Waals surface area contributed by atoms with Gasteiger partial charge in [0.05, 0.1) is 30.0 Å². The standard InChI is InChI=1S/C25H30F3N6O6P/c1-5-10-33-23(35)20-22(32(6-2)24(33)36)30-21(34(20)15-39-41(37,38)40-16(3)4)18-12-29-31(14-18)13-17-8-7-9-19(11-17)25(26,27)28/h7-9,11-12,14,16H,5-6,10,13,15H2,1-4H3,(H,37,38). The van der Waals surface area contributed by atoms with E-state index >= 15 is 0 Å². The van der Waals surface area contributed by atoms with Gasteiger partial charge in [0.2, 0.25) is 0 Å². The number of imidazole rings is 1. The third-order valence-corrected chi connectivity index (χ3v) is 7.19. The second-order valence-corrected chi connectivity index (χ2v) is 10.9. The minimum absolute atomic E-state index is 0.00229. The van der Waals surface area contributed by atoms with Crippen LogP contribution in [0.5, 0.6) is 0 Å². The molecule has 0 saturated heterocycles. The Labute approximate surface area is 232 Å². The Bertz CT molecular complexity index is 1720. The maximum absolute atomic E-state index is 13.5. The van der Waals surface area contributed by atoms with Gasteiger partial charge in [-0.1, -0.05) is 19.1 Å². The van der Waals surface area contributed by atoms with Crippen molar-refractivity contribution in [3.05, 3.63) is 68.6 Å². The molecule has 4 rings (SSSR count). The maximum Gasteiger partial charge on any atom is 0.474 e. The summed E-state index contributed by atoms with van der Waals surface area (Å²) in [6.45, 7) is 6.30. The van der Waals surface area contributed by atoms with Crippen LogP contribution in [-0.4, -0.2) is 39.5 Å². The molecule has 0 aliphatic carbocycles. The van der Waals surface area contributed by atoms with E-state index in [1.54, 1.807) is 20.8 Å². The number of fused-ring (bicyclic) bond motifs is 1. The van der Waals surface area contributed by atoms with Gasteiger partial charge in [-0.05, 0) is 44.9 Å². The van der Waals surface area contributed by atoms with Crippen LogP contribution in [0, 0.1) is 0 Å². The van der Waals surface area contributed by atoms with Crippen molar-refractivity contribution in [1.29, 1.82) is 0 Å². The Morgan fingerprint density at radius 2 is 1.85 bits per heavy atom. The van der Waals surface area contributed by atoms with Crippen LogP contribution in [0.15, 0.2) is 46.2 Å². The van der Waals surface area contributed by atoms with Crippen LogP contribution in [0.25, 0.3) is 22.6 Å². The molecule has 1 aromatic carbocycles. The highest BCUT2D eigenvalue weighted by Gasteiger charge is 2.30. The molecule has 0 amide bonds. The largest absolute Gasteiger partial charge is 0.474 e. The third-order valence-electron chi connectivity index (χ3n) is 6.06. The van der Waals surface area contributed by atoms with Crippen molar-refractivity contribution >= 4 is 19.0 Å². The molecule has 16 heteroatoms. The zero-order valence-corrected chi connectivity index (χ0v) is 23.7. The molecular formula is C25H30F3N6O6P. The summed E-state index contributed by atoms with van der Waals surface area (Å²) in [7, 11) is -4.55. The van der Waals surface area contributed by atoms with E-state index in [-0.39, 0.29) is 36.6 Å². The van der Waals surface area contributed by atoms with Gasteiger partial charge in [-0.25, -0.2) is 14.3 Å². The summed E-state index contributed by atoms with van der Waals surface area (Å²) in [6.07, 6.45) is -1.75. The fourth-order valence-corrected chi connectivity index (χ4v) is 5.22. The number of nitrogens with zero attached hydrogens (tertiary/aromatic N) is 6. The minimum atomic E-state index is -4.55. The Morgan fingerprint density at radius 1 is 1.12 bits per heavy atom. The van der Waals surface area contributed by atoms with Gasteiger partial charge in [-0.15, -0.1) is 0 Å². The molecule has 4 aromatic rings. The van der Waals surface area contributed by atoms with Crippen molar-refractivity contribution in [2.24, 2.45) is 0 Å². The highest BCUT2D eigenvalue weighted by molar-refractivity contribution is 7.47. The molecule has 0 spiro atoms. The quantitative estimate of drug-likeness (QED) is 0.254. The minimum Gasteiger partial charge on any atom is -0.302 e. The summed E-state index contributed by atoms with van der Waals surface area (Å²) in [6, 6.07) is 4.83. The van der Waals surface area contributed by atoms with E-state index in [9.17, 15) is 32.2 Å². The number of hydrogen-bond acceptors (Lipinski definition) is 7. The Hall–Kier alpha value is -3.52. The molecule has 0 bridgehead atoms. The summed E-state index contributed by atoms with van der Waals surface area (Å²) >= 11 is 0. The fourth-order valence-electron chi connectivity index (χ4n) is 4.37. The number of rotatable bonds is 11. The van der Waals surface area contributed by atoms with E-state index in [1.165, 1.54) is 38.3 Å². The first-order valence-corrected chi connectivity index (χ1v) is 14.3. The molecule has 0 aliphatic rings. The second kappa shape index (κ2) is 11.8. The molecule has 3 aromatic heterocycles. The van der Waals surface area contributed by atoms with Gasteiger partial charge < -0.3 is 4.89 Å². The van der Waals surface area contributed by atoms with E-state index < -0.39 is 43.6 Å². The van der Waals surface area contributed by atoms with Crippen LogP contribution >= 0.6 is 7.82 Å². The van der Waals surface area contributed by atoms with Gasteiger partial charge in [0.1, 0.15) is 12.6 Å². The lowest BCUT2D eigenvalue weighted by Gasteiger charge is -2.16. The zero-order chi connectivity index (χ0) is 30.1. The van der Waals surface area contributed by atoms with E-state index in [0.29, 0.717) is 17.5 Å². The molecule has 0 fully saturated rings. The van der Waals surface area contributed by atoms with E-state index in [2.05, 4.69) is 10.1 Å². The van der Waals surface area contributed by atoms with E-state index in [4.69, 9.17) is 9.05 Å². The van der Waals surface area contributed by atoms with Crippen LogP contribution < -0.4 is 11.2 Å². The zero-order valence-electron chi connectivity index (χ0n) is 22.8. The van der Waals surface area contributed by atoms with Crippen LogP contribution in [-0.2, 0) is 46.2 Å². The number of hydrogen-bond donors (Lipinski definition) is 1. The van der Waals surface area contributed by atoms with Crippen LogP contribution in [0.3, 0.4) is 0 Å². The first-order chi connectivity index (χ1) is 19.3. The normalized spacial score (nSPS) is 13.8. The first-order valence-electron chi connectivity index (χ1n) is 12.8. The Balaban J connectivity index is 1.83. The molecule has 1 N–H and O–H groups in total. The number of alkyl halides is 3. The van der Waals surface area contributed by atoms with E-state index in [0.717, 1.165) is 16.7 Å². The summed E-state index contributed by atoms with van der Waals surface area (Å²) < 4.78 is 67.2. The first kappa shape index (κ1) is 30.4. The number of phosphoric acid groups is 1. The number of aryl methyl sites for hydroxylation is 1. The number of aromatic nitrogens is 6. The average Bonchev–Trinajstić information content (AvgIpc) is 3.49. The molecule has 41 heavy (non-hydrogen) atoms. The van der Waals surface area contributed by atoms with Crippen molar-refractivity contribution in [3.63, 3.8) is 0 Å². The second-order valence-electron chi connectivity index (χ2n) is 9.52. The number of benzene rings is 1. The number of phosphoric ester groups is 1. The molecule has 0 saturated carbocycles. The number of halogens is 3. The topological polar surface area (TPSA) is 135 Å². The molecular weight excluding hydrogens is 568 g/mol. The molecule has 1 atom stereocenters. The Kier molecular flexibility index (Phi) is 8.73. The van der Waals surface area contributed by atoms with Crippen LogP contribution in [0.2, 0.25) is 0 Å². The van der Waals surface area contributed by atoms with E-state index in [1.807, 2.05) is 6.92 Å². The predicted octanol–water partition coefficient (Wildman–Crippen LogP) is 4.22. The van der Waals surface area contributed by atoms with Gasteiger partial charge >= 0.3 is 19.7 Å². The summed E-state index contributed by atoms with van der Waals surface area (Å²) in [4.78, 5) is 41.2. The third kappa shape index (κ3) is 6.53. The van der Waals surface area contributed by atoms with Gasteiger partial charge in [0.15, 0.2) is 11.2 Å². The predicted molar refractivity (Wildman–Crippen MR) is 143 cm³/mol. The van der Waals surface area contributed by atoms with Crippen molar-refractivity contribution in [3.8, 4) is 11.4 Å². The molecule has 0 radical (unpaired) electrons. The lowest BCUT2D eigenvalue weighted by Crippen LogP contribution is -2.40. The monoisotopic (exact) mass is 598 g/mol. The summed E-state index contributed by atoms with van der Waals surface area (Å²) in [5.74, 6) is 0.0905. The molecule has 0 aliphatic heterocycles. The van der Waals surface area contributed by atoms with Gasteiger partial charge in [-0.2, -0.15) is 18.3 Å². The van der Waals surface area contributed by atoms with Crippen molar-refractivity contribution in [2.75, 3.05) is 0 Å². The van der Waals surface area contributed by atoms with Gasteiger partial charge in [-0.3, -0.25) is 32.2 Å². The highest BCUT2D eigenvalue weighted by Crippen LogP contribution is 2.45. The van der Waals surface area contributed by atoms with Gasteiger partial charge in [0.25, 0.3) is 5.56 Å².